The van der Waals surface area contributed by atoms with Crippen molar-refractivity contribution in [2.45, 2.75) is 12.8 Å². The lowest BCUT2D eigenvalue weighted by Crippen LogP contribution is -1.99. The molecule has 6 heteroatoms. The molecule has 0 saturated heterocycles. The minimum atomic E-state index is -0.840. The van der Waals surface area contributed by atoms with Gasteiger partial charge in [-0.25, -0.2) is 0 Å². The molecule has 72 valence electrons. The molecule has 0 fully saturated rings. The fraction of sp³-hybridized carbons (Fsp3) is 0.667. The third-order valence-corrected chi connectivity index (χ3v) is 1.91. The van der Waals surface area contributed by atoms with Crippen molar-refractivity contribution < 1.29 is 19.8 Å². The van der Waals surface area contributed by atoms with Crippen molar-refractivity contribution in [2.75, 3.05) is 11.5 Å². The Morgan fingerprint density at radius 3 is 1.58 bits per heavy atom. The normalized spacial score (nSPS) is 8.67. The molecular weight excluding hydrogens is 200 g/mol. The van der Waals surface area contributed by atoms with Gasteiger partial charge in [-0.05, 0) is 0 Å². The number of carboxylic acids is 2. The highest BCUT2D eigenvalue weighted by Crippen LogP contribution is 2.03. The van der Waals surface area contributed by atoms with Crippen LogP contribution in [0, 0.1) is 0 Å². The van der Waals surface area contributed by atoms with Gasteiger partial charge in [-0.15, -0.1) is 0 Å². The molecular formula is C6H12O4S2. The van der Waals surface area contributed by atoms with E-state index in [9.17, 15) is 9.59 Å². The lowest BCUT2D eigenvalue weighted by atomic mass is 10.5. The summed E-state index contributed by atoms with van der Waals surface area (Å²) in [5, 5.41) is 16.4. The van der Waals surface area contributed by atoms with Crippen LogP contribution in [0.2, 0.25) is 0 Å². The molecule has 0 heterocycles. The van der Waals surface area contributed by atoms with E-state index in [4.69, 9.17) is 10.2 Å². The Morgan fingerprint density at radius 2 is 1.33 bits per heavy atom. The Bertz CT molecular complexity index is 132. The quantitative estimate of drug-likeness (QED) is 0.636. The zero-order valence-electron chi connectivity index (χ0n) is 6.45. The smallest absolute Gasteiger partial charge is 0.304 e. The van der Waals surface area contributed by atoms with Crippen LogP contribution < -0.4 is 0 Å². The van der Waals surface area contributed by atoms with Gasteiger partial charge < -0.3 is 10.2 Å². The number of aliphatic carboxylic acids is 2. The van der Waals surface area contributed by atoms with E-state index in [0.29, 0.717) is 11.5 Å². The van der Waals surface area contributed by atoms with Gasteiger partial charge in [0.15, 0.2) is 0 Å². The van der Waals surface area contributed by atoms with Crippen molar-refractivity contribution in [1.29, 1.82) is 0 Å². The molecule has 0 bridgehead atoms. The summed E-state index contributed by atoms with van der Waals surface area (Å²) in [6.45, 7) is 0. The summed E-state index contributed by atoms with van der Waals surface area (Å²) in [5.41, 5.74) is 0. The summed E-state index contributed by atoms with van der Waals surface area (Å²) < 4.78 is 0. The van der Waals surface area contributed by atoms with Gasteiger partial charge in [0, 0.05) is 11.5 Å². The standard InChI is InChI=1S/C6H10O4S.H2S/c7-5(8)1-3-11-4-2-6(9)10;/h1-4H2,(H,7,8)(H,9,10);1H2. The third kappa shape index (κ3) is 12.3. The average molecular weight is 212 g/mol. The van der Waals surface area contributed by atoms with E-state index in [1.165, 1.54) is 11.8 Å². The van der Waals surface area contributed by atoms with Crippen LogP contribution in [0.3, 0.4) is 0 Å². The molecule has 0 aliphatic carbocycles. The summed E-state index contributed by atoms with van der Waals surface area (Å²) in [5.74, 6) is -0.703. The maximum Gasteiger partial charge on any atom is 0.304 e. The largest absolute Gasteiger partial charge is 0.481 e. The molecule has 0 aromatic heterocycles. The zero-order valence-corrected chi connectivity index (χ0v) is 8.26. The molecule has 0 amide bonds. The maximum atomic E-state index is 9.97. The van der Waals surface area contributed by atoms with Crippen LogP contribution >= 0.6 is 25.3 Å². The molecule has 0 aromatic rings. The van der Waals surface area contributed by atoms with Gasteiger partial charge in [-0.3, -0.25) is 9.59 Å². The monoisotopic (exact) mass is 212 g/mol. The van der Waals surface area contributed by atoms with Crippen LogP contribution in [-0.4, -0.2) is 33.7 Å². The van der Waals surface area contributed by atoms with Crippen LogP contribution in [0.25, 0.3) is 0 Å². The Hall–Kier alpha value is -0.360. The van der Waals surface area contributed by atoms with Gasteiger partial charge >= 0.3 is 11.9 Å². The minimum Gasteiger partial charge on any atom is -0.481 e. The molecule has 12 heavy (non-hydrogen) atoms. The SMILES string of the molecule is O=C(O)CCSCCC(=O)O.S. The lowest BCUT2D eigenvalue weighted by Gasteiger charge is -1.94. The van der Waals surface area contributed by atoms with Gasteiger partial charge in [0.05, 0.1) is 12.8 Å². The number of hydrogen-bond donors (Lipinski definition) is 2. The Morgan fingerprint density at radius 1 is 1.00 bits per heavy atom. The Labute approximate surface area is 81.8 Å². The van der Waals surface area contributed by atoms with Crippen LogP contribution in [0.1, 0.15) is 12.8 Å². The molecule has 0 aromatic carbocycles. The van der Waals surface area contributed by atoms with E-state index < -0.39 is 11.9 Å². The second kappa shape index (κ2) is 8.73. The number of carboxylic acid groups (broad SMARTS) is 2. The first-order valence-electron chi connectivity index (χ1n) is 3.14. The average Bonchev–Trinajstić information content (AvgIpc) is 1.85. The molecule has 0 rings (SSSR count). The number of rotatable bonds is 6. The van der Waals surface area contributed by atoms with E-state index in [0.717, 1.165) is 0 Å². The van der Waals surface area contributed by atoms with Crippen molar-refractivity contribution in [3.05, 3.63) is 0 Å². The topological polar surface area (TPSA) is 74.6 Å². The molecule has 2 N–H and O–H groups in total. The highest BCUT2D eigenvalue weighted by atomic mass is 32.2. The van der Waals surface area contributed by atoms with Gasteiger partial charge in [-0.2, -0.15) is 25.3 Å². The summed E-state index contributed by atoms with van der Waals surface area (Å²) >= 11 is 1.35. The highest BCUT2D eigenvalue weighted by Gasteiger charge is 1.98. The third-order valence-electron chi connectivity index (χ3n) is 0.921. The van der Waals surface area contributed by atoms with Gasteiger partial charge in [-0.1, -0.05) is 0 Å². The molecule has 0 aliphatic heterocycles. The van der Waals surface area contributed by atoms with Crippen LogP contribution in [0.4, 0.5) is 0 Å². The summed E-state index contributed by atoms with van der Waals surface area (Å²) in [4.78, 5) is 19.9. The molecule has 0 saturated carbocycles. The molecule has 0 atom stereocenters. The van der Waals surface area contributed by atoms with Gasteiger partial charge in [0.2, 0.25) is 0 Å². The van der Waals surface area contributed by atoms with Gasteiger partial charge in [0.1, 0.15) is 0 Å². The molecule has 0 aliphatic rings. The molecule has 4 nitrogen and oxygen atoms in total. The second-order valence-electron chi connectivity index (χ2n) is 1.90. The van der Waals surface area contributed by atoms with Crippen molar-refractivity contribution in [3.63, 3.8) is 0 Å². The lowest BCUT2D eigenvalue weighted by molar-refractivity contribution is -0.137. The molecule has 0 unspecified atom stereocenters. The first kappa shape index (κ1) is 14.2. The number of thioether (sulfide) groups is 1. The van der Waals surface area contributed by atoms with E-state index in [2.05, 4.69) is 0 Å². The molecule has 0 spiro atoms. The maximum absolute atomic E-state index is 9.97. The fourth-order valence-electron chi connectivity index (χ4n) is 0.421. The zero-order chi connectivity index (χ0) is 8.69. The van der Waals surface area contributed by atoms with Gasteiger partial charge in [0.25, 0.3) is 0 Å². The van der Waals surface area contributed by atoms with Crippen LogP contribution in [-0.2, 0) is 9.59 Å². The van der Waals surface area contributed by atoms with Crippen molar-refractivity contribution in [3.8, 4) is 0 Å². The van der Waals surface area contributed by atoms with Crippen molar-refractivity contribution >= 4 is 37.2 Å². The highest BCUT2D eigenvalue weighted by molar-refractivity contribution is 7.99. The number of hydrogen-bond acceptors (Lipinski definition) is 3. The van der Waals surface area contributed by atoms with E-state index in [-0.39, 0.29) is 26.3 Å². The first-order chi connectivity index (χ1) is 5.13. The van der Waals surface area contributed by atoms with Crippen LogP contribution in [0.5, 0.6) is 0 Å². The minimum absolute atomic E-state index is 0. The van der Waals surface area contributed by atoms with E-state index >= 15 is 0 Å². The van der Waals surface area contributed by atoms with Crippen LogP contribution in [0.15, 0.2) is 0 Å². The van der Waals surface area contributed by atoms with E-state index in [1.54, 1.807) is 0 Å². The second-order valence-corrected chi connectivity index (χ2v) is 3.12. The Balaban J connectivity index is 0. The summed E-state index contributed by atoms with van der Waals surface area (Å²) in [6.07, 6.45) is 0.203. The predicted molar refractivity (Wildman–Crippen MR) is 52.2 cm³/mol. The molecule has 0 radical (unpaired) electrons. The predicted octanol–water partition coefficient (Wildman–Crippen LogP) is 0.782. The summed E-state index contributed by atoms with van der Waals surface area (Å²) in [6, 6.07) is 0. The summed E-state index contributed by atoms with van der Waals surface area (Å²) in [7, 11) is 0. The first-order valence-corrected chi connectivity index (χ1v) is 4.29. The fourth-order valence-corrected chi connectivity index (χ4v) is 1.26. The van der Waals surface area contributed by atoms with E-state index in [1.807, 2.05) is 0 Å². The van der Waals surface area contributed by atoms with Crippen molar-refractivity contribution in [1.82, 2.24) is 0 Å². The number of carbonyl (C=O) groups is 2. The van der Waals surface area contributed by atoms with Crippen molar-refractivity contribution in [2.24, 2.45) is 0 Å². The Kier molecular flexibility index (Phi) is 10.3.